The third-order valence-electron chi connectivity index (χ3n) is 2.17. The summed E-state index contributed by atoms with van der Waals surface area (Å²) in [5.74, 6) is -1.66. The Kier molecular flexibility index (Phi) is 5.42. The van der Waals surface area contributed by atoms with E-state index in [2.05, 4.69) is 15.6 Å². The van der Waals surface area contributed by atoms with Crippen LogP contribution in [0.15, 0.2) is 18.2 Å². The molecule has 20 heavy (non-hydrogen) atoms. The summed E-state index contributed by atoms with van der Waals surface area (Å²) in [6.07, 6.45) is 0. The van der Waals surface area contributed by atoms with Crippen molar-refractivity contribution in [3.05, 3.63) is 33.9 Å². The van der Waals surface area contributed by atoms with Crippen molar-refractivity contribution >= 4 is 23.3 Å². The van der Waals surface area contributed by atoms with E-state index < -0.39 is 23.4 Å². The summed E-state index contributed by atoms with van der Waals surface area (Å²) in [5, 5.41) is 21.8. The Morgan fingerprint density at radius 2 is 2.15 bits per heavy atom. The number of carboxylic acid groups (broad SMARTS) is 1. The predicted octanol–water partition coefficient (Wildman–Crippen LogP) is 0.773. The summed E-state index contributed by atoms with van der Waals surface area (Å²) in [4.78, 5) is 36.6. The molecule has 1 aromatic carbocycles. The SMILES string of the molecule is CCNC(=O)c1ccc(NOCC(=O)O)c([N+](=O)[O-])c1. The van der Waals surface area contributed by atoms with E-state index in [1.807, 2.05) is 0 Å². The van der Waals surface area contributed by atoms with Crippen molar-refractivity contribution in [2.24, 2.45) is 0 Å². The van der Waals surface area contributed by atoms with Crippen LogP contribution in [0.3, 0.4) is 0 Å². The molecule has 0 heterocycles. The van der Waals surface area contributed by atoms with Crippen LogP contribution in [0.5, 0.6) is 0 Å². The summed E-state index contributed by atoms with van der Waals surface area (Å²) < 4.78 is 0. The lowest BCUT2D eigenvalue weighted by Gasteiger charge is -2.07. The molecule has 1 rings (SSSR count). The Hall–Kier alpha value is -2.68. The van der Waals surface area contributed by atoms with Gasteiger partial charge in [-0.1, -0.05) is 0 Å². The number of benzene rings is 1. The number of carbonyl (C=O) groups excluding carboxylic acids is 1. The fraction of sp³-hybridized carbons (Fsp3) is 0.273. The normalized spacial score (nSPS) is 9.85. The third kappa shape index (κ3) is 4.21. The third-order valence-corrected chi connectivity index (χ3v) is 2.17. The number of amides is 1. The molecule has 0 saturated heterocycles. The molecule has 0 bridgehead atoms. The number of anilines is 1. The van der Waals surface area contributed by atoms with Crippen LogP contribution in [-0.4, -0.2) is 35.1 Å². The van der Waals surface area contributed by atoms with Crippen molar-refractivity contribution < 1.29 is 24.5 Å². The molecule has 0 aliphatic rings. The minimum Gasteiger partial charge on any atom is -0.479 e. The Morgan fingerprint density at radius 1 is 1.45 bits per heavy atom. The van der Waals surface area contributed by atoms with E-state index >= 15 is 0 Å². The molecule has 0 radical (unpaired) electrons. The van der Waals surface area contributed by atoms with E-state index in [9.17, 15) is 19.7 Å². The van der Waals surface area contributed by atoms with Crippen LogP contribution in [0.25, 0.3) is 0 Å². The zero-order valence-corrected chi connectivity index (χ0v) is 10.6. The van der Waals surface area contributed by atoms with Gasteiger partial charge in [-0.3, -0.25) is 25.2 Å². The van der Waals surface area contributed by atoms with Gasteiger partial charge in [0.15, 0.2) is 6.61 Å². The van der Waals surface area contributed by atoms with Crippen molar-refractivity contribution in [3.8, 4) is 0 Å². The van der Waals surface area contributed by atoms with E-state index in [0.717, 1.165) is 6.07 Å². The number of nitrogens with zero attached hydrogens (tertiary/aromatic N) is 1. The first-order chi connectivity index (χ1) is 9.45. The van der Waals surface area contributed by atoms with Gasteiger partial charge < -0.3 is 10.4 Å². The van der Waals surface area contributed by atoms with Gasteiger partial charge in [0.1, 0.15) is 5.69 Å². The monoisotopic (exact) mass is 283 g/mol. The molecule has 1 aromatic rings. The zero-order valence-electron chi connectivity index (χ0n) is 10.6. The Morgan fingerprint density at radius 3 is 2.70 bits per heavy atom. The fourth-order valence-corrected chi connectivity index (χ4v) is 1.35. The molecule has 1 amide bonds. The van der Waals surface area contributed by atoms with Gasteiger partial charge >= 0.3 is 5.97 Å². The first-order valence-corrected chi connectivity index (χ1v) is 5.62. The number of carbonyl (C=O) groups is 2. The predicted molar refractivity (Wildman–Crippen MR) is 68.3 cm³/mol. The highest BCUT2D eigenvalue weighted by Gasteiger charge is 2.17. The molecule has 0 aliphatic carbocycles. The van der Waals surface area contributed by atoms with Crippen molar-refractivity contribution in [1.29, 1.82) is 0 Å². The topological polar surface area (TPSA) is 131 Å². The van der Waals surface area contributed by atoms with Gasteiger partial charge in [0.25, 0.3) is 11.6 Å². The quantitative estimate of drug-likeness (QED) is 0.497. The number of rotatable bonds is 7. The standard InChI is InChI=1S/C11H13N3O6/c1-2-12-11(17)7-3-4-8(9(5-7)14(18)19)13-20-6-10(15)16/h3-5,13H,2,6H2,1H3,(H,12,17)(H,15,16). The average molecular weight is 283 g/mol. The average Bonchev–Trinajstić information content (AvgIpc) is 2.38. The Balaban J connectivity index is 2.93. The number of carboxylic acids is 1. The molecule has 0 fully saturated rings. The maximum atomic E-state index is 11.6. The Bertz CT molecular complexity index is 531. The maximum absolute atomic E-state index is 11.6. The summed E-state index contributed by atoms with van der Waals surface area (Å²) in [5.41, 5.74) is 1.87. The number of nitrogens with one attached hydrogen (secondary N) is 2. The van der Waals surface area contributed by atoms with Gasteiger partial charge in [-0.2, -0.15) is 0 Å². The van der Waals surface area contributed by atoms with E-state index in [1.165, 1.54) is 12.1 Å². The minimum absolute atomic E-state index is 0.0377. The maximum Gasteiger partial charge on any atom is 0.332 e. The lowest BCUT2D eigenvalue weighted by Crippen LogP contribution is -2.22. The number of hydrogen-bond acceptors (Lipinski definition) is 6. The summed E-state index contributed by atoms with van der Waals surface area (Å²) in [7, 11) is 0. The molecule has 3 N–H and O–H groups in total. The molecule has 0 spiro atoms. The Labute approximate surface area is 113 Å². The summed E-state index contributed by atoms with van der Waals surface area (Å²) >= 11 is 0. The first-order valence-electron chi connectivity index (χ1n) is 5.62. The van der Waals surface area contributed by atoms with Gasteiger partial charge in [0.2, 0.25) is 0 Å². The zero-order chi connectivity index (χ0) is 15.1. The van der Waals surface area contributed by atoms with Crippen molar-refractivity contribution in [1.82, 2.24) is 5.32 Å². The molecule has 0 unspecified atom stereocenters. The largest absolute Gasteiger partial charge is 0.479 e. The van der Waals surface area contributed by atoms with Crippen LogP contribution in [0, 0.1) is 10.1 Å². The number of nitro groups is 1. The van der Waals surface area contributed by atoms with E-state index in [-0.39, 0.29) is 16.9 Å². The highest BCUT2D eigenvalue weighted by molar-refractivity contribution is 5.95. The van der Waals surface area contributed by atoms with E-state index in [4.69, 9.17) is 5.11 Å². The molecular weight excluding hydrogens is 270 g/mol. The molecule has 0 atom stereocenters. The summed E-state index contributed by atoms with van der Waals surface area (Å²) in [6.45, 7) is 1.46. The highest BCUT2D eigenvalue weighted by atomic mass is 16.7. The summed E-state index contributed by atoms with van der Waals surface area (Å²) in [6, 6.07) is 3.71. The van der Waals surface area contributed by atoms with Crippen LogP contribution in [0.1, 0.15) is 17.3 Å². The van der Waals surface area contributed by atoms with Gasteiger partial charge in [-0.15, -0.1) is 0 Å². The first kappa shape index (κ1) is 15.4. The number of aliphatic carboxylic acids is 1. The minimum atomic E-state index is -1.22. The van der Waals surface area contributed by atoms with Crippen LogP contribution < -0.4 is 10.8 Å². The van der Waals surface area contributed by atoms with E-state index in [1.54, 1.807) is 6.92 Å². The molecule has 9 heteroatoms. The number of hydrogen-bond donors (Lipinski definition) is 3. The second-order valence-electron chi connectivity index (χ2n) is 3.63. The molecular formula is C11H13N3O6. The van der Waals surface area contributed by atoms with Crippen LogP contribution in [-0.2, 0) is 9.63 Å². The molecule has 0 aliphatic heterocycles. The molecule has 108 valence electrons. The van der Waals surface area contributed by atoms with Crippen LogP contribution >= 0.6 is 0 Å². The second kappa shape index (κ2) is 7.04. The molecule has 0 aromatic heterocycles. The lowest BCUT2D eigenvalue weighted by atomic mass is 10.1. The van der Waals surface area contributed by atoms with Crippen molar-refractivity contribution in [3.63, 3.8) is 0 Å². The van der Waals surface area contributed by atoms with E-state index in [0.29, 0.717) is 6.54 Å². The van der Waals surface area contributed by atoms with Gasteiger partial charge in [0.05, 0.1) is 4.92 Å². The molecule has 0 saturated carbocycles. The van der Waals surface area contributed by atoms with Crippen molar-refractivity contribution in [2.45, 2.75) is 6.92 Å². The lowest BCUT2D eigenvalue weighted by molar-refractivity contribution is -0.384. The van der Waals surface area contributed by atoms with Gasteiger partial charge in [-0.05, 0) is 19.1 Å². The number of nitro benzene ring substituents is 1. The van der Waals surface area contributed by atoms with Crippen molar-refractivity contribution in [2.75, 3.05) is 18.6 Å². The highest BCUT2D eigenvalue weighted by Crippen LogP contribution is 2.25. The fourth-order valence-electron chi connectivity index (χ4n) is 1.35. The smallest absolute Gasteiger partial charge is 0.332 e. The van der Waals surface area contributed by atoms with Gasteiger partial charge in [-0.25, -0.2) is 4.79 Å². The van der Waals surface area contributed by atoms with Crippen LogP contribution in [0.4, 0.5) is 11.4 Å². The van der Waals surface area contributed by atoms with Gasteiger partial charge in [0, 0.05) is 18.2 Å². The molecule has 9 nitrogen and oxygen atoms in total. The second-order valence-corrected chi connectivity index (χ2v) is 3.63. The van der Waals surface area contributed by atoms with Crippen LogP contribution in [0.2, 0.25) is 0 Å².